The lowest BCUT2D eigenvalue weighted by atomic mass is 10.0. The van der Waals surface area contributed by atoms with Gasteiger partial charge < -0.3 is 9.80 Å². The van der Waals surface area contributed by atoms with Crippen molar-refractivity contribution in [3.63, 3.8) is 0 Å². The molecule has 0 aliphatic carbocycles. The van der Waals surface area contributed by atoms with Gasteiger partial charge >= 0.3 is 0 Å². The van der Waals surface area contributed by atoms with Crippen LogP contribution in [0.4, 0.5) is 5.82 Å². The first-order valence-electron chi connectivity index (χ1n) is 8.33. The van der Waals surface area contributed by atoms with Crippen molar-refractivity contribution in [2.45, 2.75) is 19.8 Å². The number of likely N-dealkylation sites (tertiary alicyclic amines) is 1. The monoisotopic (exact) mass is 327 g/mol. The summed E-state index contributed by atoms with van der Waals surface area (Å²) in [6, 6.07) is 2.09. The molecule has 2 fully saturated rings. The Hall–Kier alpha value is -2.51. The van der Waals surface area contributed by atoms with Gasteiger partial charge in [0.2, 0.25) is 5.82 Å². The predicted octanol–water partition coefficient (Wildman–Crippen LogP) is 0.926. The molecule has 1 N–H and O–H groups in total. The highest BCUT2D eigenvalue weighted by molar-refractivity contribution is 5.90. The van der Waals surface area contributed by atoms with E-state index >= 15 is 0 Å². The minimum Gasteiger partial charge on any atom is -0.356 e. The van der Waals surface area contributed by atoms with Crippen molar-refractivity contribution >= 4 is 11.7 Å². The van der Waals surface area contributed by atoms with Crippen LogP contribution in [0.2, 0.25) is 0 Å². The molecule has 4 rings (SSSR count). The van der Waals surface area contributed by atoms with Crippen LogP contribution in [0, 0.1) is 11.8 Å². The molecule has 4 heterocycles. The Bertz CT molecular complexity index is 716. The number of amides is 1. The van der Waals surface area contributed by atoms with E-state index in [-0.39, 0.29) is 5.91 Å². The molecule has 2 aliphatic rings. The van der Waals surface area contributed by atoms with E-state index in [1.807, 2.05) is 4.90 Å². The summed E-state index contributed by atoms with van der Waals surface area (Å²) >= 11 is 0. The van der Waals surface area contributed by atoms with E-state index in [4.69, 9.17) is 0 Å². The number of aromatic amines is 1. The zero-order chi connectivity index (χ0) is 16.7. The molecule has 2 saturated heterocycles. The number of aromatic nitrogens is 5. The maximum atomic E-state index is 12.4. The summed E-state index contributed by atoms with van der Waals surface area (Å²) in [5, 5.41) is 6.41. The number of carbonyl (C=O) groups excluding carboxylic acids is 1. The minimum atomic E-state index is -0.0578. The quantitative estimate of drug-likeness (QED) is 0.902. The van der Waals surface area contributed by atoms with Crippen LogP contribution in [0.25, 0.3) is 0 Å². The van der Waals surface area contributed by atoms with E-state index in [9.17, 15) is 4.79 Å². The number of rotatable bonds is 3. The van der Waals surface area contributed by atoms with Gasteiger partial charge in [0.15, 0.2) is 0 Å². The first-order valence-corrected chi connectivity index (χ1v) is 8.33. The van der Waals surface area contributed by atoms with Gasteiger partial charge in [-0.1, -0.05) is 13.8 Å². The molecule has 2 aromatic heterocycles. The van der Waals surface area contributed by atoms with Crippen molar-refractivity contribution in [3.05, 3.63) is 30.2 Å². The van der Waals surface area contributed by atoms with Crippen molar-refractivity contribution in [3.8, 4) is 0 Å². The summed E-state index contributed by atoms with van der Waals surface area (Å²) in [7, 11) is 0. The van der Waals surface area contributed by atoms with Crippen LogP contribution >= 0.6 is 0 Å². The fourth-order valence-corrected chi connectivity index (χ4v) is 3.65. The lowest BCUT2D eigenvalue weighted by Crippen LogP contribution is -2.34. The molecule has 24 heavy (non-hydrogen) atoms. The number of nitrogens with one attached hydrogen (secondary N) is 1. The third kappa shape index (κ3) is 2.61. The highest BCUT2D eigenvalue weighted by atomic mass is 16.2. The summed E-state index contributed by atoms with van der Waals surface area (Å²) in [5.41, 5.74) is 1.07. The number of fused-ring (bicyclic) bond motifs is 1. The molecule has 0 saturated carbocycles. The van der Waals surface area contributed by atoms with Crippen LogP contribution in [0.1, 0.15) is 36.1 Å². The Morgan fingerprint density at radius 1 is 1.12 bits per heavy atom. The van der Waals surface area contributed by atoms with Crippen LogP contribution in [0.3, 0.4) is 0 Å². The van der Waals surface area contributed by atoms with E-state index in [0.717, 1.165) is 37.7 Å². The van der Waals surface area contributed by atoms with Gasteiger partial charge in [0.1, 0.15) is 18.5 Å². The number of H-pyrrole nitrogens is 1. The van der Waals surface area contributed by atoms with Crippen LogP contribution in [0.15, 0.2) is 18.7 Å². The maximum absolute atomic E-state index is 12.4. The summed E-state index contributed by atoms with van der Waals surface area (Å²) < 4.78 is 0. The molecule has 0 aromatic carbocycles. The molecule has 0 radical (unpaired) electrons. The van der Waals surface area contributed by atoms with E-state index in [0.29, 0.717) is 23.6 Å². The number of nitrogens with zero attached hydrogens (tertiary/aromatic N) is 6. The molecule has 2 aromatic rings. The summed E-state index contributed by atoms with van der Waals surface area (Å²) in [6.45, 7) is 7.67. The van der Waals surface area contributed by atoms with E-state index in [2.05, 4.69) is 50.0 Å². The zero-order valence-corrected chi connectivity index (χ0v) is 13.9. The number of hydrogen-bond acceptors (Lipinski definition) is 6. The van der Waals surface area contributed by atoms with E-state index in [1.54, 1.807) is 6.33 Å². The molecule has 0 bridgehead atoms. The molecule has 126 valence electrons. The van der Waals surface area contributed by atoms with Crippen LogP contribution in [-0.4, -0.2) is 62.1 Å². The summed E-state index contributed by atoms with van der Waals surface area (Å²) in [5.74, 6) is 2.62. The van der Waals surface area contributed by atoms with Gasteiger partial charge in [-0.05, 0) is 5.92 Å². The predicted molar refractivity (Wildman–Crippen MR) is 87.6 cm³/mol. The summed E-state index contributed by atoms with van der Waals surface area (Å²) in [6.07, 6.45) is 3.02. The highest BCUT2D eigenvalue weighted by Crippen LogP contribution is 2.34. The molecule has 8 heteroatoms. The lowest BCUT2D eigenvalue weighted by molar-refractivity contribution is 0.0771. The first kappa shape index (κ1) is 15.0. The van der Waals surface area contributed by atoms with Gasteiger partial charge in [-0.15, -0.1) is 0 Å². The largest absolute Gasteiger partial charge is 0.356 e. The Labute approximate surface area is 140 Å². The first-order chi connectivity index (χ1) is 11.6. The SMILES string of the molecule is CC(C)c1cc(N2CC3CN(C(=O)c4ncn[nH]4)CC3C2)ncn1. The fourth-order valence-electron chi connectivity index (χ4n) is 3.65. The van der Waals surface area contributed by atoms with Gasteiger partial charge in [0, 0.05) is 49.8 Å². The minimum absolute atomic E-state index is 0.0578. The zero-order valence-electron chi connectivity index (χ0n) is 13.9. The second-order valence-corrected chi connectivity index (χ2v) is 6.93. The van der Waals surface area contributed by atoms with Crippen molar-refractivity contribution in [1.29, 1.82) is 0 Å². The number of carbonyl (C=O) groups is 1. The lowest BCUT2D eigenvalue weighted by Gasteiger charge is -2.22. The molecule has 2 atom stereocenters. The average Bonchev–Trinajstić information content (AvgIpc) is 3.30. The third-order valence-electron chi connectivity index (χ3n) is 4.98. The van der Waals surface area contributed by atoms with E-state index in [1.165, 1.54) is 6.33 Å². The van der Waals surface area contributed by atoms with Crippen molar-refractivity contribution < 1.29 is 4.79 Å². The third-order valence-corrected chi connectivity index (χ3v) is 4.98. The van der Waals surface area contributed by atoms with E-state index < -0.39 is 0 Å². The van der Waals surface area contributed by atoms with Crippen molar-refractivity contribution in [1.82, 2.24) is 30.0 Å². The molecular weight excluding hydrogens is 306 g/mol. The standard InChI is InChI=1S/C16H21N7O/c1-10(2)13-3-14(18-8-17-13)22-4-11-6-23(7-12(11)5-22)16(24)15-19-9-20-21-15/h3,8-12H,4-7H2,1-2H3,(H,19,20,21). The van der Waals surface area contributed by atoms with Gasteiger partial charge in [0.25, 0.3) is 5.91 Å². The van der Waals surface area contributed by atoms with Crippen LogP contribution < -0.4 is 4.90 Å². The Kier molecular flexibility index (Phi) is 3.66. The Morgan fingerprint density at radius 3 is 2.50 bits per heavy atom. The second-order valence-electron chi connectivity index (χ2n) is 6.93. The van der Waals surface area contributed by atoms with Gasteiger partial charge in [-0.25, -0.2) is 15.0 Å². The topological polar surface area (TPSA) is 90.9 Å². The molecule has 1 amide bonds. The smallest absolute Gasteiger partial charge is 0.291 e. The second kappa shape index (κ2) is 5.85. The average molecular weight is 327 g/mol. The van der Waals surface area contributed by atoms with Crippen molar-refractivity contribution in [2.24, 2.45) is 11.8 Å². The fraction of sp³-hybridized carbons (Fsp3) is 0.562. The van der Waals surface area contributed by atoms with Crippen LogP contribution in [0.5, 0.6) is 0 Å². The van der Waals surface area contributed by atoms with Gasteiger partial charge in [-0.3, -0.25) is 9.89 Å². The molecule has 2 aliphatic heterocycles. The number of hydrogen-bond donors (Lipinski definition) is 1. The Morgan fingerprint density at radius 2 is 1.88 bits per heavy atom. The molecule has 8 nitrogen and oxygen atoms in total. The highest BCUT2D eigenvalue weighted by Gasteiger charge is 2.42. The van der Waals surface area contributed by atoms with Gasteiger partial charge in [-0.2, -0.15) is 5.10 Å². The Balaban J connectivity index is 1.43. The summed E-state index contributed by atoms with van der Waals surface area (Å²) in [4.78, 5) is 29.3. The van der Waals surface area contributed by atoms with Gasteiger partial charge in [0.05, 0.1) is 0 Å². The normalized spacial score (nSPS) is 23.1. The number of anilines is 1. The van der Waals surface area contributed by atoms with Crippen LogP contribution in [-0.2, 0) is 0 Å². The molecular formula is C16H21N7O. The molecule has 0 spiro atoms. The molecule has 2 unspecified atom stereocenters. The van der Waals surface area contributed by atoms with Crippen molar-refractivity contribution in [2.75, 3.05) is 31.1 Å². The maximum Gasteiger partial charge on any atom is 0.291 e.